The fourth-order valence-corrected chi connectivity index (χ4v) is 3.25. The van der Waals surface area contributed by atoms with Crippen LogP contribution in [0.15, 0.2) is 24.3 Å². The third kappa shape index (κ3) is 4.48. The first-order chi connectivity index (χ1) is 11.0. The van der Waals surface area contributed by atoms with E-state index in [2.05, 4.69) is 5.32 Å². The molecule has 1 atom stereocenters. The summed E-state index contributed by atoms with van der Waals surface area (Å²) in [6, 6.07) is 7.00. The molecule has 0 saturated carbocycles. The molecule has 0 aromatic heterocycles. The number of hydrogen-bond donors (Lipinski definition) is 1. The van der Waals surface area contributed by atoms with E-state index in [4.69, 9.17) is 4.74 Å². The Labute approximate surface area is 139 Å². The number of nitrogens with one attached hydrogen (secondary N) is 1. The van der Waals surface area contributed by atoms with E-state index in [1.807, 2.05) is 13.8 Å². The zero-order valence-electron chi connectivity index (χ0n) is 13.2. The molecule has 0 spiro atoms. The van der Waals surface area contributed by atoms with Crippen LogP contribution in [0, 0.1) is 0 Å². The van der Waals surface area contributed by atoms with E-state index in [0.717, 1.165) is 17.5 Å². The second-order valence-electron chi connectivity index (χ2n) is 5.07. The van der Waals surface area contributed by atoms with Gasteiger partial charge in [0.25, 0.3) is 5.24 Å². The molecule has 1 saturated heterocycles. The van der Waals surface area contributed by atoms with Gasteiger partial charge >= 0.3 is 0 Å². The van der Waals surface area contributed by atoms with Gasteiger partial charge in [-0.2, -0.15) is 0 Å². The summed E-state index contributed by atoms with van der Waals surface area (Å²) in [6.07, 6.45) is 0.700. The molecule has 0 radical (unpaired) electrons. The van der Waals surface area contributed by atoms with E-state index < -0.39 is 5.25 Å². The van der Waals surface area contributed by atoms with Crippen molar-refractivity contribution < 1.29 is 19.1 Å². The lowest BCUT2D eigenvalue weighted by Gasteiger charge is -2.12. The number of carbonyl (C=O) groups excluding carboxylic acids is 3. The van der Waals surface area contributed by atoms with Gasteiger partial charge in [-0.25, -0.2) is 0 Å². The van der Waals surface area contributed by atoms with Gasteiger partial charge in [-0.05, 0) is 37.6 Å². The summed E-state index contributed by atoms with van der Waals surface area (Å²) in [5, 5.41) is 1.83. The van der Waals surface area contributed by atoms with Crippen molar-refractivity contribution >= 4 is 34.5 Å². The minimum absolute atomic E-state index is 0.0112. The van der Waals surface area contributed by atoms with Crippen LogP contribution in [-0.4, -0.2) is 40.4 Å². The van der Waals surface area contributed by atoms with Crippen molar-refractivity contribution in [3.8, 4) is 5.75 Å². The van der Waals surface area contributed by atoms with Crippen LogP contribution in [0.4, 0.5) is 10.5 Å². The van der Waals surface area contributed by atoms with Crippen LogP contribution in [0.2, 0.25) is 0 Å². The van der Waals surface area contributed by atoms with Crippen molar-refractivity contribution in [2.24, 2.45) is 0 Å². The van der Waals surface area contributed by atoms with Gasteiger partial charge in [-0.1, -0.05) is 18.7 Å². The number of rotatable bonds is 7. The Balaban J connectivity index is 1.89. The monoisotopic (exact) mass is 336 g/mol. The third-order valence-corrected chi connectivity index (χ3v) is 4.35. The molecule has 1 aromatic carbocycles. The fourth-order valence-electron chi connectivity index (χ4n) is 2.24. The lowest BCUT2D eigenvalue weighted by molar-refractivity contribution is -0.128. The molecule has 1 heterocycles. The normalized spacial score (nSPS) is 17.5. The Morgan fingerprint density at radius 1 is 1.26 bits per heavy atom. The predicted octanol–water partition coefficient (Wildman–Crippen LogP) is 2.89. The minimum Gasteiger partial charge on any atom is -0.494 e. The Morgan fingerprint density at radius 2 is 1.96 bits per heavy atom. The van der Waals surface area contributed by atoms with Crippen molar-refractivity contribution in [2.45, 2.75) is 31.9 Å². The Kier molecular flexibility index (Phi) is 6.04. The second-order valence-corrected chi connectivity index (χ2v) is 6.23. The van der Waals surface area contributed by atoms with Crippen molar-refractivity contribution in [2.75, 3.05) is 18.5 Å². The predicted molar refractivity (Wildman–Crippen MR) is 89.6 cm³/mol. The summed E-state index contributed by atoms with van der Waals surface area (Å²) in [7, 11) is 0. The number of imide groups is 1. The average Bonchev–Trinajstić information content (AvgIpc) is 2.77. The number of amides is 3. The highest BCUT2D eigenvalue weighted by molar-refractivity contribution is 8.15. The van der Waals surface area contributed by atoms with Crippen LogP contribution in [0.3, 0.4) is 0 Å². The molecule has 1 fully saturated rings. The molecule has 1 aliphatic heterocycles. The maximum absolute atomic E-state index is 12.1. The summed E-state index contributed by atoms with van der Waals surface area (Å²) in [6.45, 7) is 4.78. The molecule has 0 aliphatic carbocycles. The van der Waals surface area contributed by atoms with Crippen LogP contribution in [0.1, 0.15) is 26.7 Å². The van der Waals surface area contributed by atoms with E-state index in [0.29, 0.717) is 25.3 Å². The molecular formula is C16H20N2O4S. The number of anilines is 1. The lowest BCUT2D eigenvalue weighted by atomic mass is 10.2. The molecule has 7 heteroatoms. The molecule has 1 aromatic rings. The summed E-state index contributed by atoms with van der Waals surface area (Å²) in [5.74, 6) is 0.169. The van der Waals surface area contributed by atoms with Gasteiger partial charge in [0, 0.05) is 18.7 Å². The zero-order valence-corrected chi connectivity index (χ0v) is 14.0. The number of nitrogens with zero attached hydrogens (tertiary/aromatic N) is 1. The summed E-state index contributed by atoms with van der Waals surface area (Å²) in [5.41, 5.74) is 0.630. The number of benzene rings is 1. The molecule has 0 bridgehead atoms. The van der Waals surface area contributed by atoms with E-state index in [1.54, 1.807) is 24.3 Å². The molecule has 124 valence electrons. The summed E-state index contributed by atoms with van der Waals surface area (Å²) in [4.78, 5) is 37.1. The number of carbonyl (C=O) groups is 3. The van der Waals surface area contributed by atoms with Gasteiger partial charge in [0.1, 0.15) is 11.0 Å². The first-order valence-corrected chi connectivity index (χ1v) is 8.47. The van der Waals surface area contributed by atoms with E-state index in [9.17, 15) is 14.4 Å². The molecule has 2 rings (SSSR count). The maximum atomic E-state index is 12.1. The second kappa shape index (κ2) is 8.01. The van der Waals surface area contributed by atoms with Gasteiger partial charge < -0.3 is 10.1 Å². The highest BCUT2D eigenvalue weighted by Crippen LogP contribution is 2.29. The van der Waals surface area contributed by atoms with E-state index in [1.165, 1.54) is 4.90 Å². The number of thioether (sulfide) groups is 1. The molecule has 3 amide bonds. The van der Waals surface area contributed by atoms with Crippen LogP contribution in [0.5, 0.6) is 5.75 Å². The number of ether oxygens (including phenoxy) is 1. The Hall–Kier alpha value is -2.02. The molecule has 1 aliphatic rings. The lowest BCUT2D eigenvalue weighted by Crippen LogP contribution is -2.33. The van der Waals surface area contributed by atoms with Crippen molar-refractivity contribution in [3.63, 3.8) is 0 Å². The van der Waals surface area contributed by atoms with Crippen LogP contribution in [-0.2, 0) is 9.59 Å². The first kappa shape index (κ1) is 17.3. The van der Waals surface area contributed by atoms with Gasteiger partial charge in [-0.15, -0.1) is 0 Å². The van der Waals surface area contributed by atoms with Crippen molar-refractivity contribution in [1.29, 1.82) is 0 Å². The zero-order chi connectivity index (χ0) is 16.8. The Bertz CT molecular complexity index is 588. The van der Waals surface area contributed by atoms with Crippen molar-refractivity contribution in [3.05, 3.63) is 24.3 Å². The fraction of sp³-hybridized carbons (Fsp3) is 0.438. The first-order valence-electron chi connectivity index (χ1n) is 7.59. The van der Waals surface area contributed by atoms with E-state index in [-0.39, 0.29) is 23.5 Å². The summed E-state index contributed by atoms with van der Waals surface area (Å²) < 4.78 is 5.33. The van der Waals surface area contributed by atoms with Gasteiger partial charge in [0.2, 0.25) is 11.8 Å². The average molecular weight is 336 g/mol. The highest BCUT2D eigenvalue weighted by Gasteiger charge is 2.39. The smallest absolute Gasteiger partial charge is 0.289 e. The van der Waals surface area contributed by atoms with Gasteiger partial charge in [0.05, 0.1) is 6.61 Å². The molecular weight excluding hydrogens is 316 g/mol. The van der Waals surface area contributed by atoms with Gasteiger partial charge in [0.15, 0.2) is 0 Å². The van der Waals surface area contributed by atoms with Gasteiger partial charge in [-0.3, -0.25) is 19.3 Å². The molecule has 1 N–H and O–H groups in total. The van der Waals surface area contributed by atoms with E-state index >= 15 is 0 Å². The minimum atomic E-state index is -0.628. The Morgan fingerprint density at radius 3 is 2.57 bits per heavy atom. The highest BCUT2D eigenvalue weighted by atomic mass is 32.2. The molecule has 6 nitrogen and oxygen atoms in total. The maximum Gasteiger partial charge on any atom is 0.289 e. The largest absolute Gasteiger partial charge is 0.494 e. The third-order valence-electron chi connectivity index (χ3n) is 3.27. The van der Waals surface area contributed by atoms with Crippen LogP contribution in [0.25, 0.3) is 0 Å². The van der Waals surface area contributed by atoms with Crippen molar-refractivity contribution in [1.82, 2.24) is 4.90 Å². The topological polar surface area (TPSA) is 75.7 Å². The standard InChI is InChI=1S/C16H20N2O4S/c1-3-9-18-15(20)13(23-16(18)21)10-14(19)17-11-5-7-12(8-6-11)22-4-2/h5-8,13H,3-4,9-10H2,1-2H3,(H,17,19)/t13-/m1/s1. The molecule has 0 unspecified atom stereocenters. The number of hydrogen-bond acceptors (Lipinski definition) is 5. The molecule has 23 heavy (non-hydrogen) atoms. The summed E-state index contributed by atoms with van der Waals surface area (Å²) >= 11 is 0.926. The van der Waals surface area contributed by atoms with Crippen LogP contribution >= 0.6 is 11.8 Å². The quantitative estimate of drug-likeness (QED) is 0.828. The van der Waals surface area contributed by atoms with Crippen LogP contribution < -0.4 is 10.1 Å². The SMILES string of the molecule is CCCN1C(=O)S[C@H](CC(=O)Nc2ccc(OCC)cc2)C1=O.